The SMILES string of the molecule is CCOC(=O)CCS(=O)(=O)N1CCC(C)(O)C1. The molecule has 1 N–H and O–H groups in total. The fourth-order valence-electron chi connectivity index (χ4n) is 1.72. The van der Waals surface area contributed by atoms with Gasteiger partial charge in [-0.1, -0.05) is 0 Å². The fraction of sp³-hybridized carbons (Fsp3) is 0.900. The van der Waals surface area contributed by atoms with Gasteiger partial charge in [-0.25, -0.2) is 8.42 Å². The van der Waals surface area contributed by atoms with E-state index in [2.05, 4.69) is 4.74 Å². The van der Waals surface area contributed by atoms with Gasteiger partial charge in [0, 0.05) is 13.1 Å². The van der Waals surface area contributed by atoms with Crippen LogP contribution in [0, 0.1) is 0 Å². The van der Waals surface area contributed by atoms with Crippen LogP contribution in [-0.4, -0.2) is 54.8 Å². The summed E-state index contributed by atoms with van der Waals surface area (Å²) in [5, 5.41) is 9.69. The molecule has 100 valence electrons. The molecule has 0 aliphatic carbocycles. The van der Waals surface area contributed by atoms with Crippen molar-refractivity contribution in [2.45, 2.75) is 32.3 Å². The number of rotatable bonds is 5. The largest absolute Gasteiger partial charge is 0.466 e. The van der Waals surface area contributed by atoms with Gasteiger partial charge in [0.15, 0.2) is 0 Å². The molecule has 6 nitrogen and oxygen atoms in total. The third kappa shape index (κ3) is 4.25. The maximum atomic E-state index is 11.8. The Labute approximate surface area is 102 Å². The van der Waals surface area contributed by atoms with E-state index < -0.39 is 21.6 Å². The van der Waals surface area contributed by atoms with Crippen molar-refractivity contribution in [3.8, 4) is 0 Å². The summed E-state index contributed by atoms with van der Waals surface area (Å²) in [6.45, 7) is 3.92. The normalized spacial score (nSPS) is 26.1. The second-order valence-corrected chi connectivity index (χ2v) is 6.54. The van der Waals surface area contributed by atoms with Gasteiger partial charge in [0.25, 0.3) is 0 Å². The highest BCUT2D eigenvalue weighted by Crippen LogP contribution is 2.23. The Hall–Kier alpha value is -0.660. The monoisotopic (exact) mass is 265 g/mol. The molecule has 0 bridgehead atoms. The lowest BCUT2D eigenvalue weighted by atomic mass is 10.1. The highest BCUT2D eigenvalue weighted by molar-refractivity contribution is 7.89. The summed E-state index contributed by atoms with van der Waals surface area (Å²) in [6.07, 6.45) is 0.278. The first-order chi connectivity index (χ1) is 7.77. The van der Waals surface area contributed by atoms with Crippen LogP contribution >= 0.6 is 0 Å². The van der Waals surface area contributed by atoms with Gasteiger partial charge in [0.2, 0.25) is 10.0 Å². The second kappa shape index (κ2) is 5.32. The van der Waals surface area contributed by atoms with Crippen LogP contribution in [0.15, 0.2) is 0 Å². The standard InChI is InChI=1S/C10H19NO5S/c1-3-16-9(12)4-7-17(14,15)11-6-5-10(2,13)8-11/h13H,3-8H2,1-2H3. The number of nitrogens with zero attached hydrogens (tertiary/aromatic N) is 1. The Balaban J connectivity index is 2.50. The van der Waals surface area contributed by atoms with Crippen LogP contribution in [0.25, 0.3) is 0 Å². The van der Waals surface area contributed by atoms with Gasteiger partial charge >= 0.3 is 5.97 Å². The lowest BCUT2D eigenvalue weighted by molar-refractivity contribution is -0.142. The summed E-state index contributed by atoms with van der Waals surface area (Å²) in [6, 6.07) is 0. The van der Waals surface area contributed by atoms with E-state index in [1.165, 1.54) is 4.31 Å². The predicted octanol–water partition coefficient (Wildman–Crippen LogP) is -0.274. The lowest BCUT2D eigenvalue weighted by Crippen LogP contribution is -2.35. The molecule has 7 heteroatoms. The van der Waals surface area contributed by atoms with E-state index in [-0.39, 0.29) is 25.3 Å². The minimum atomic E-state index is -3.47. The number of hydrogen-bond acceptors (Lipinski definition) is 5. The highest BCUT2D eigenvalue weighted by atomic mass is 32.2. The number of carbonyl (C=O) groups is 1. The van der Waals surface area contributed by atoms with E-state index in [0.717, 1.165) is 0 Å². The Bertz CT molecular complexity index is 376. The fourth-order valence-corrected chi connectivity index (χ4v) is 3.24. The molecule has 17 heavy (non-hydrogen) atoms. The molecular weight excluding hydrogens is 246 g/mol. The number of hydrogen-bond donors (Lipinski definition) is 1. The molecule has 1 aliphatic heterocycles. The smallest absolute Gasteiger partial charge is 0.306 e. The van der Waals surface area contributed by atoms with Gasteiger partial charge in [-0.15, -0.1) is 0 Å². The maximum absolute atomic E-state index is 11.8. The third-order valence-corrected chi connectivity index (χ3v) is 4.50. The Morgan fingerprint density at radius 1 is 1.53 bits per heavy atom. The summed E-state index contributed by atoms with van der Waals surface area (Å²) in [5.74, 6) is -0.774. The molecule has 0 spiro atoms. The molecule has 1 saturated heterocycles. The van der Waals surface area contributed by atoms with E-state index in [1.807, 2.05) is 0 Å². The zero-order valence-corrected chi connectivity index (χ0v) is 11.0. The molecule has 1 aliphatic rings. The van der Waals surface area contributed by atoms with E-state index >= 15 is 0 Å². The number of ether oxygens (including phenoxy) is 1. The van der Waals surface area contributed by atoms with E-state index in [1.54, 1.807) is 13.8 Å². The van der Waals surface area contributed by atoms with Crippen molar-refractivity contribution in [3.63, 3.8) is 0 Å². The molecule has 0 aromatic rings. The minimum Gasteiger partial charge on any atom is -0.466 e. The van der Waals surface area contributed by atoms with Gasteiger partial charge in [-0.2, -0.15) is 4.31 Å². The zero-order chi connectivity index (χ0) is 13.1. The van der Waals surface area contributed by atoms with Crippen molar-refractivity contribution >= 4 is 16.0 Å². The number of sulfonamides is 1. The topological polar surface area (TPSA) is 83.9 Å². The van der Waals surface area contributed by atoms with Crippen molar-refractivity contribution in [2.75, 3.05) is 25.4 Å². The van der Waals surface area contributed by atoms with Gasteiger partial charge < -0.3 is 9.84 Å². The van der Waals surface area contributed by atoms with Crippen molar-refractivity contribution in [1.29, 1.82) is 0 Å². The van der Waals surface area contributed by atoms with Gasteiger partial charge in [-0.05, 0) is 20.3 Å². The number of esters is 1. The van der Waals surface area contributed by atoms with Crippen LogP contribution in [0.5, 0.6) is 0 Å². The maximum Gasteiger partial charge on any atom is 0.306 e. The average Bonchev–Trinajstić information content (AvgIpc) is 2.57. The molecular formula is C10H19NO5S. The first kappa shape index (κ1) is 14.4. The first-order valence-electron chi connectivity index (χ1n) is 5.63. The van der Waals surface area contributed by atoms with Gasteiger partial charge in [-0.3, -0.25) is 4.79 Å². The summed E-state index contributed by atoms with van der Waals surface area (Å²) in [7, 11) is -3.47. The molecule has 0 aromatic heterocycles. The number of β-amino-alcohol motifs (C(OH)–C–C–N with tert-alkyl or cyclic N) is 1. The molecule has 0 saturated carbocycles. The van der Waals surface area contributed by atoms with E-state index in [4.69, 9.17) is 0 Å². The van der Waals surface area contributed by atoms with E-state index in [0.29, 0.717) is 13.0 Å². The molecule has 1 atom stereocenters. The molecule has 1 rings (SSSR count). The van der Waals surface area contributed by atoms with Crippen molar-refractivity contribution < 1.29 is 23.1 Å². The lowest BCUT2D eigenvalue weighted by Gasteiger charge is -2.18. The van der Waals surface area contributed by atoms with E-state index in [9.17, 15) is 18.3 Å². The van der Waals surface area contributed by atoms with Crippen molar-refractivity contribution in [3.05, 3.63) is 0 Å². The summed E-state index contributed by atoms with van der Waals surface area (Å²) in [5.41, 5.74) is -0.961. The number of carbonyl (C=O) groups excluding carboxylic acids is 1. The van der Waals surface area contributed by atoms with Crippen LogP contribution in [0.2, 0.25) is 0 Å². The van der Waals surface area contributed by atoms with Crippen LogP contribution < -0.4 is 0 Å². The van der Waals surface area contributed by atoms with Crippen LogP contribution in [-0.2, 0) is 19.6 Å². The Kier molecular flexibility index (Phi) is 4.51. The highest BCUT2D eigenvalue weighted by Gasteiger charge is 2.37. The quantitative estimate of drug-likeness (QED) is 0.692. The summed E-state index contributed by atoms with van der Waals surface area (Å²) < 4.78 is 29.6. The number of aliphatic hydroxyl groups is 1. The van der Waals surface area contributed by atoms with Crippen molar-refractivity contribution in [2.24, 2.45) is 0 Å². The molecule has 1 fully saturated rings. The summed E-state index contributed by atoms with van der Waals surface area (Å²) in [4.78, 5) is 11.1. The van der Waals surface area contributed by atoms with Crippen LogP contribution in [0.4, 0.5) is 0 Å². The van der Waals surface area contributed by atoms with Crippen LogP contribution in [0.3, 0.4) is 0 Å². The second-order valence-electron chi connectivity index (χ2n) is 4.45. The third-order valence-electron chi connectivity index (χ3n) is 2.68. The Morgan fingerprint density at radius 3 is 2.65 bits per heavy atom. The van der Waals surface area contributed by atoms with Gasteiger partial charge in [0.1, 0.15) is 0 Å². The zero-order valence-electron chi connectivity index (χ0n) is 10.2. The minimum absolute atomic E-state index is 0.0954. The summed E-state index contributed by atoms with van der Waals surface area (Å²) >= 11 is 0. The molecule has 0 aromatic carbocycles. The first-order valence-corrected chi connectivity index (χ1v) is 7.23. The Morgan fingerprint density at radius 2 is 2.18 bits per heavy atom. The van der Waals surface area contributed by atoms with Crippen LogP contribution in [0.1, 0.15) is 26.7 Å². The molecule has 0 radical (unpaired) electrons. The molecule has 1 heterocycles. The van der Waals surface area contributed by atoms with Gasteiger partial charge in [0.05, 0.1) is 24.4 Å². The molecule has 0 amide bonds. The predicted molar refractivity (Wildman–Crippen MR) is 61.9 cm³/mol. The molecule has 1 unspecified atom stereocenters. The average molecular weight is 265 g/mol. The van der Waals surface area contributed by atoms with Crippen molar-refractivity contribution in [1.82, 2.24) is 4.31 Å².